The summed E-state index contributed by atoms with van der Waals surface area (Å²) in [5, 5.41) is 3.30. The molecule has 1 rings (SSSR count). The lowest BCUT2D eigenvalue weighted by Crippen LogP contribution is -2.35. The molecule has 0 spiro atoms. The summed E-state index contributed by atoms with van der Waals surface area (Å²) in [5.74, 6) is 0.537. The topological polar surface area (TPSA) is 67.3 Å². The van der Waals surface area contributed by atoms with E-state index in [-0.39, 0.29) is 0 Å². The maximum absolute atomic E-state index is 5.74. The number of hydrogen-bond acceptors (Lipinski definition) is 4. The average Bonchev–Trinajstić information content (AvgIpc) is 2.49. The largest absolute Gasteiger partial charge is 0.399 e. The third-order valence-corrected chi connectivity index (χ3v) is 3.69. The Morgan fingerprint density at radius 3 is 2.50 bits per heavy atom. The van der Waals surface area contributed by atoms with Gasteiger partial charge in [-0.2, -0.15) is 0 Å². The van der Waals surface area contributed by atoms with Gasteiger partial charge >= 0.3 is 0 Å². The SMILES string of the molecule is C=C(NCCN)C1CCN(C(=C)/C=C\C(N)=C/C)CC1. The van der Waals surface area contributed by atoms with Crippen LogP contribution in [0.5, 0.6) is 0 Å². The molecule has 0 amide bonds. The second kappa shape index (κ2) is 8.48. The fourth-order valence-electron chi connectivity index (χ4n) is 2.29. The molecule has 0 aromatic rings. The molecule has 0 aliphatic carbocycles. The Hall–Kier alpha value is -1.68. The highest BCUT2D eigenvalue weighted by Crippen LogP contribution is 2.24. The molecule has 1 saturated heterocycles. The Morgan fingerprint density at radius 2 is 1.95 bits per heavy atom. The minimum atomic E-state index is 0.537. The van der Waals surface area contributed by atoms with Gasteiger partial charge in [-0.3, -0.25) is 0 Å². The fraction of sp³-hybridized carbons (Fsp3) is 0.500. The maximum atomic E-state index is 5.74. The molecule has 112 valence electrons. The van der Waals surface area contributed by atoms with E-state index >= 15 is 0 Å². The van der Waals surface area contributed by atoms with E-state index in [1.54, 1.807) is 0 Å². The van der Waals surface area contributed by atoms with Crippen molar-refractivity contribution in [1.29, 1.82) is 0 Å². The van der Waals surface area contributed by atoms with E-state index in [1.165, 1.54) is 0 Å². The minimum absolute atomic E-state index is 0.537. The molecule has 1 aliphatic heterocycles. The van der Waals surface area contributed by atoms with Crippen molar-refractivity contribution in [2.75, 3.05) is 26.2 Å². The Morgan fingerprint density at radius 1 is 1.30 bits per heavy atom. The van der Waals surface area contributed by atoms with Gasteiger partial charge in [-0.1, -0.05) is 19.2 Å². The highest BCUT2D eigenvalue weighted by Gasteiger charge is 2.21. The summed E-state index contributed by atoms with van der Waals surface area (Å²) in [5.41, 5.74) is 14.1. The van der Waals surface area contributed by atoms with Gasteiger partial charge in [0, 0.05) is 49.2 Å². The van der Waals surface area contributed by atoms with Crippen LogP contribution in [0.2, 0.25) is 0 Å². The van der Waals surface area contributed by atoms with Crippen molar-refractivity contribution in [3.63, 3.8) is 0 Å². The molecule has 0 aromatic carbocycles. The minimum Gasteiger partial charge on any atom is -0.399 e. The summed E-state index contributed by atoms with van der Waals surface area (Å²) in [4.78, 5) is 2.30. The number of allylic oxidation sites excluding steroid dienone is 4. The van der Waals surface area contributed by atoms with Crippen molar-refractivity contribution >= 4 is 0 Å². The first-order valence-electron chi connectivity index (χ1n) is 7.25. The van der Waals surface area contributed by atoms with Gasteiger partial charge in [-0.25, -0.2) is 0 Å². The van der Waals surface area contributed by atoms with Crippen LogP contribution in [0.3, 0.4) is 0 Å². The van der Waals surface area contributed by atoms with E-state index < -0.39 is 0 Å². The van der Waals surface area contributed by atoms with Crippen LogP contribution >= 0.6 is 0 Å². The monoisotopic (exact) mass is 276 g/mol. The van der Waals surface area contributed by atoms with Crippen molar-refractivity contribution in [3.05, 3.63) is 48.5 Å². The first-order valence-corrected chi connectivity index (χ1v) is 7.25. The van der Waals surface area contributed by atoms with E-state index in [0.717, 1.165) is 49.6 Å². The zero-order valence-corrected chi connectivity index (χ0v) is 12.6. The third-order valence-electron chi connectivity index (χ3n) is 3.69. The molecule has 4 nitrogen and oxygen atoms in total. The zero-order valence-electron chi connectivity index (χ0n) is 12.6. The first kappa shape index (κ1) is 16.4. The Bertz CT molecular complexity index is 387. The predicted molar refractivity (Wildman–Crippen MR) is 86.7 cm³/mol. The highest BCUT2D eigenvalue weighted by atomic mass is 15.1. The van der Waals surface area contributed by atoms with E-state index in [0.29, 0.717) is 12.5 Å². The molecule has 1 heterocycles. The second-order valence-corrected chi connectivity index (χ2v) is 5.12. The van der Waals surface area contributed by atoms with Crippen molar-refractivity contribution in [3.8, 4) is 0 Å². The predicted octanol–water partition coefficient (Wildman–Crippen LogP) is 1.69. The van der Waals surface area contributed by atoms with Gasteiger partial charge in [0.25, 0.3) is 0 Å². The summed E-state index contributed by atoms with van der Waals surface area (Å²) in [6, 6.07) is 0. The van der Waals surface area contributed by atoms with Crippen molar-refractivity contribution in [1.82, 2.24) is 10.2 Å². The van der Waals surface area contributed by atoms with E-state index in [1.807, 2.05) is 25.2 Å². The Balaban J connectivity index is 2.40. The van der Waals surface area contributed by atoms with Gasteiger partial charge in [-0.05, 0) is 31.9 Å². The molecular weight excluding hydrogens is 248 g/mol. The van der Waals surface area contributed by atoms with Gasteiger partial charge in [0.15, 0.2) is 0 Å². The zero-order chi connectivity index (χ0) is 15.0. The number of likely N-dealkylation sites (tertiary alicyclic amines) is 1. The third kappa shape index (κ3) is 5.13. The summed E-state index contributed by atoms with van der Waals surface area (Å²) in [7, 11) is 0. The lowest BCUT2D eigenvalue weighted by molar-refractivity contribution is 0.247. The van der Waals surface area contributed by atoms with E-state index in [2.05, 4.69) is 23.4 Å². The van der Waals surface area contributed by atoms with Gasteiger partial charge in [0.1, 0.15) is 0 Å². The summed E-state index contributed by atoms with van der Waals surface area (Å²) >= 11 is 0. The van der Waals surface area contributed by atoms with Crippen LogP contribution in [0.1, 0.15) is 19.8 Å². The normalized spacial score (nSPS) is 17.5. The van der Waals surface area contributed by atoms with E-state index in [4.69, 9.17) is 11.5 Å². The van der Waals surface area contributed by atoms with Gasteiger partial charge in [-0.15, -0.1) is 0 Å². The molecule has 20 heavy (non-hydrogen) atoms. The molecule has 5 N–H and O–H groups in total. The van der Waals surface area contributed by atoms with Crippen molar-refractivity contribution in [2.45, 2.75) is 19.8 Å². The van der Waals surface area contributed by atoms with Gasteiger partial charge in [0.2, 0.25) is 0 Å². The number of nitrogens with one attached hydrogen (secondary N) is 1. The molecule has 1 aliphatic rings. The van der Waals surface area contributed by atoms with Crippen LogP contribution in [0.25, 0.3) is 0 Å². The molecule has 1 fully saturated rings. The molecule has 0 aromatic heterocycles. The fourth-order valence-corrected chi connectivity index (χ4v) is 2.29. The van der Waals surface area contributed by atoms with Gasteiger partial charge in [0.05, 0.1) is 0 Å². The van der Waals surface area contributed by atoms with Crippen LogP contribution < -0.4 is 16.8 Å². The summed E-state index contributed by atoms with van der Waals surface area (Å²) in [6.07, 6.45) is 7.96. The summed E-state index contributed by atoms with van der Waals surface area (Å²) < 4.78 is 0. The molecule has 0 atom stereocenters. The number of nitrogens with zero attached hydrogens (tertiary/aromatic N) is 1. The van der Waals surface area contributed by atoms with Crippen LogP contribution in [-0.4, -0.2) is 31.1 Å². The van der Waals surface area contributed by atoms with Crippen LogP contribution in [0.4, 0.5) is 0 Å². The Kier molecular flexibility index (Phi) is 6.94. The average molecular weight is 276 g/mol. The lowest BCUT2D eigenvalue weighted by atomic mass is 9.93. The summed E-state index contributed by atoms with van der Waals surface area (Å²) in [6.45, 7) is 13.6. The van der Waals surface area contributed by atoms with Crippen molar-refractivity contribution in [2.24, 2.45) is 17.4 Å². The number of nitrogens with two attached hydrogens (primary N) is 2. The van der Waals surface area contributed by atoms with Gasteiger partial charge < -0.3 is 21.7 Å². The highest BCUT2D eigenvalue weighted by molar-refractivity contribution is 5.23. The quantitative estimate of drug-likeness (QED) is 0.619. The molecular formula is C16H28N4. The number of rotatable bonds is 7. The second-order valence-electron chi connectivity index (χ2n) is 5.12. The first-order chi connectivity index (χ1) is 9.58. The molecule has 0 unspecified atom stereocenters. The Labute approximate surface area is 122 Å². The van der Waals surface area contributed by atoms with Crippen molar-refractivity contribution < 1.29 is 0 Å². The van der Waals surface area contributed by atoms with E-state index in [9.17, 15) is 0 Å². The molecule has 0 bridgehead atoms. The standard InChI is InChI=1S/C16H28N4/c1-4-16(18)6-5-13(2)20-11-7-15(8-12-20)14(3)19-10-9-17/h4-6,15,19H,2-3,7-12,17-18H2,1H3/b6-5-,16-4+. The maximum Gasteiger partial charge on any atom is 0.0293 e. The smallest absolute Gasteiger partial charge is 0.0293 e. The molecule has 4 heteroatoms. The van der Waals surface area contributed by atoms with Crippen LogP contribution in [-0.2, 0) is 0 Å². The number of hydrogen-bond donors (Lipinski definition) is 3. The molecule has 0 saturated carbocycles. The number of piperidine rings is 1. The van der Waals surface area contributed by atoms with Crippen LogP contribution in [0.15, 0.2) is 48.5 Å². The van der Waals surface area contributed by atoms with Crippen LogP contribution in [0, 0.1) is 5.92 Å². The molecule has 0 radical (unpaired) electrons. The lowest BCUT2D eigenvalue weighted by Gasteiger charge is -2.34.